The van der Waals surface area contributed by atoms with Crippen LogP contribution in [0.3, 0.4) is 0 Å². The molecule has 2 N–H and O–H groups in total. The Morgan fingerprint density at radius 2 is 2.08 bits per heavy atom. The lowest BCUT2D eigenvalue weighted by molar-refractivity contribution is -0.130. The van der Waals surface area contributed by atoms with E-state index in [2.05, 4.69) is 31.6 Å². The van der Waals surface area contributed by atoms with Crippen molar-refractivity contribution in [1.29, 1.82) is 0 Å². The first-order chi connectivity index (χ1) is 12.2. The van der Waals surface area contributed by atoms with Gasteiger partial charge >= 0.3 is 0 Å². The van der Waals surface area contributed by atoms with Crippen LogP contribution in [0.4, 0.5) is 0 Å². The molecule has 0 aromatic heterocycles. The summed E-state index contributed by atoms with van der Waals surface area (Å²) in [7, 11) is 0. The molecule has 2 fully saturated rings. The lowest BCUT2D eigenvalue weighted by Crippen LogP contribution is -2.49. The standard InChI is InChI=1S/C20H30ClN3O2/c1-12-8-19(15(9-16(12)21)20(3,4)5)26-11-18-14-6-7-24(13(2)25)10-17(14)22-23-18/h8-9,14,17-18,22-23H,6-7,10-11H2,1-5H3. The first-order valence-electron chi connectivity index (χ1n) is 9.37. The Bertz CT molecular complexity index is 686. The highest BCUT2D eigenvalue weighted by Gasteiger charge is 2.40. The Kier molecular flexibility index (Phi) is 5.52. The summed E-state index contributed by atoms with van der Waals surface area (Å²) in [5.74, 6) is 1.53. The fourth-order valence-corrected chi connectivity index (χ4v) is 4.08. The van der Waals surface area contributed by atoms with Crippen LogP contribution in [-0.4, -0.2) is 42.6 Å². The van der Waals surface area contributed by atoms with E-state index in [1.54, 1.807) is 6.92 Å². The second kappa shape index (κ2) is 7.37. The van der Waals surface area contributed by atoms with Gasteiger partial charge in [0.15, 0.2) is 0 Å². The highest BCUT2D eigenvalue weighted by atomic mass is 35.5. The van der Waals surface area contributed by atoms with Gasteiger partial charge in [-0.25, -0.2) is 0 Å². The van der Waals surface area contributed by atoms with E-state index in [4.69, 9.17) is 16.3 Å². The molecule has 1 amide bonds. The van der Waals surface area contributed by atoms with Gasteiger partial charge in [-0.05, 0) is 42.4 Å². The Hall–Kier alpha value is -1.30. The number of hydrazine groups is 1. The average molecular weight is 380 g/mol. The van der Waals surface area contributed by atoms with Crippen LogP contribution in [0, 0.1) is 12.8 Å². The summed E-state index contributed by atoms with van der Waals surface area (Å²) in [5.41, 5.74) is 8.84. The third-order valence-electron chi connectivity index (χ3n) is 5.57. The molecular weight excluding hydrogens is 350 g/mol. The summed E-state index contributed by atoms with van der Waals surface area (Å²) < 4.78 is 6.27. The topological polar surface area (TPSA) is 53.6 Å². The van der Waals surface area contributed by atoms with E-state index in [1.165, 1.54) is 0 Å². The average Bonchev–Trinajstić information content (AvgIpc) is 2.96. The number of carbonyl (C=O) groups is 1. The molecule has 0 spiro atoms. The first-order valence-corrected chi connectivity index (χ1v) is 9.74. The zero-order chi connectivity index (χ0) is 19.1. The molecule has 6 heteroatoms. The van der Waals surface area contributed by atoms with Gasteiger partial charge < -0.3 is 9.64 Å². The van der Waals surface area contributed by atoms with Crippen LogP contribution in [0.2, 0.25) is 5.02 Å². The molecule has 2 saturated heterocycles. The van der Waals surface area contributed by atoms with Crippen LogP contribution in [-0.2, 0) is 10.2 Å². The third-order valence-corrected chi connectivity index (χ3v) is 5.98. The predicted molar refractivity (Wildman–Crippen MR) is 105 cm³/mol. The number of hydrogen-bond acceptors (Lipinski definition) is 4. The van der Waals surface area contributed by atoms with Crippen molar-refractivity contribution in [2.24, 2.45) is 5.92 Å². The maximum absolute atomic E-state index is 11.6. The van der Waals surface area contributed by atoms with Gasteiger partial charge in [-0.3, -0.25) is 15.6 Å². The zero-order valence-corrected chi connectivity index (χ0v) is 17.1. The Morgan fingerprint density at radius 3 is 2.73 bits per heavy atom. The van der Waals surface area contributed by atoms with E-state index in [0.717, 1.165) is 41.4 Å². The molecule has 1 aromatic rings. The number of nitrogens with one attached hydrogen (secondary N) is 2. The van der Waals surface area contributed by atoms with Gasteiger partial charge in [0.1, 0.15) is 12.4 Å². The van der Waals surface area contributed by atoms with Crippen molar-refractivity contribution in [3.05, 3.63) is 28.3 Å². The maximum Gasteiger partial charge on any atom is 0.219 e. The van der Waals surface area contributed by atoms with E-state index >= 15 is 0 Å². The number of likely N-dealkylation sites (tertiary alicyclic amines) is 1. The molecule has 0 aliphatic carbocycles. The minimum absolute atomic E-state index is 0.0383. The van der Waals surface area contributed by atoms with E-state index in [-0.39, 0.29) is 23.4 Å². The van der Waals surface area contributed by atoms with E-state index < -0.39 is 0 Å². The lowest BCUT2D eigenvalue weighted by atomic mass is 9.85. The van der Waals surface area contributed by atoms with E-state index in [1.807, 2.05) is 24.0 Å². The van der Waals surface area contributed by atoms with E-state index in [0.29, 0.717) is 12.5 Å². The fraction of sp³-hybridized carbons (Fsp3) is 0.650. The smallest absolute Gasteiger partial charge is 0.219 e. The summed E-state index contributed by atoms with van der Waals surface area (Å²) in [6, 6.07) is 4.59. The van der Waals surface area contributed by atoms with Crippen molar-refractivity contribution in [2.75, 3.05) is 19.7 Å². The van der Waals surface area contributed by atoms with Crippen molar-refractivity contribution in [2.45, 2.75) is 58.5 Å². The van der Waals surface area contributed by atoms with Crippen LogP contribution < -0.4 is 15.6 Å². The number of rotatable bonds is 3. The lowest BCUT2D eigenvalue weighted by Gasteiger charge is -2.35. The number of hydrogen-bond donors (Lipinski definition) is 2. The molecule has 5 nitrogen and oxygen atoms in total. The van der Waals surface area contributed by atoms with Gasteiger partial charge in [0.25, 0.3) is 0 Å². The zero-order valence-electron chi connectivity index (χ0n) is 16.4. The van der Waals surface area contributed by atoms with Crippen molar-refractivity contribution < 1.29 is 9.53 Å². The number of halogens is 1. The number of benzene rings is 1. The number of amides is 1. The molecular formula is C20H30ClN3O2. The van der Waals surface area contributed by atoms with Crippen molar-refractivity contribution >= 4 is 17.5 Å². The van der Waals surface area contributed by atoms with Crippen LogP contribution in [0.15, 0.2) is 12.1 Å². The van der Waals surface area contributed by atoms with Gasteiger partial charge in [0, 0.05) is 36.6 Å². The van der Waals surface area contributed by atoms with Gasteiger partial charge in [-0.15, -0.1) is 0 Å². The van der Waals surface area contributed by atoms with Gasteiger partial charge in [0.2, 0.25) is 5.91 Å². The molecule has 2 heterocycles. The minimum Gasteiger partial charge on any atom is -0.492 e. The monoisotopic (exact) mass is 379 g/mol. The summed E-state index contributed by atoms with van der Waals surface area (Å²) in [5, 5.41) is 0.777. The normalized spacial score (nSPS) is 25.9. The number of piperidine rings is 1. The SMILES string of the molecule is CC(=O)N1CCC2C(COc3cc(C)c(Cl)cc3C(C)(C)C)NNC2C1. The predicted octanol–water partition coefficient (Wildman–Crippen LogP) is 3.04. The van der Waals surface area contributed by atoms with E-state index in [9.17, 15) is 4.79 Å². The van der Waals surface area contributed by atoms with Crippen LogP contribution in [0.1, 0.15) is 45.2 Å². The van der Waals surface area contributed by atoms with Gasteiger partial charge in [0.05, 0.1) is 6.04 Å². The summed E-state index contributed by atoms with van der Waals surface area (Å²) >= 11 is 6.34. The molecule has 0 bridgehead atoms. The highest BCUT2D eigenvalue weighted by molar-refractivity contribution is 6.31. The first kappa shape index (κ1) is 19.5. The molecule has 2 aliphatic heterocycles. The second-order valence-electron chi connectivity index (χ2n) is 8.58. The Balaban J connectivity index is 1.69. The molecule has 0 saturated carbocycles. The van der Waals surface area contributed by atoms with Crippen molar-refractivity contribution in [3.63, 3.8) is 0 Å². The molecule has 1 aromatic carbocycles. The van der Waals surface area contributed by atoms with Crippen LogP contribution >= 0.6 is 11.6 Å². The molecule has 0 radical (unpaired) electrons. The summed E-state index contributed by atoms with van der Waals surface area (Å²) in [6.07, 6.45) is 0.990. The molecule has 3 unspecified atom stereocenters. The molecule has 26 heavy (non-hydrogen) atoms. The Morgan fingerprint density at radius 1 is 1.35 bits per heavy atom. The molecule has 3 atom stereocenters. The molecule has 144 valence electrons. The van der Waals surface area contributed by atoms with Crippen LogP contribution in [0.5, 0.6) is 5.75 Å². The van der Waals surface area contributed by atoms with Crippen molar-refractivity contribution in [1.82, 2.24) is 15.8 Å². The van der Waals surface area contributed by atoms with Crippen LogP contribution in [0.25, 0.3) is 0 Å². The fourth-order valence-electron chi connectivity index (χ4n) is 3.92. The highest BCUT2D eigenvalue weighted by Crippen LogP contribution is 2.36. The van der Waals surface area contributed by atoms with Crippen molar-refractivity contribution in [3.8, 4) is 5.75 Å². The van der Waals surface area contributed by atoms with Gasteiger partial charge in [-0.2, -0.15) is 0 Å². The second-order valence-corrected chi connectivity index (χ2v) is 8.98. The largest absolute Gasteiger partial charge is 0.492 e. The minimum atomic E-state index is -0.0383. The quantitative estimate of drug-likeness (QED) is 0.847. The number of ether oxygens (including phenoxy) is 1. The summed E-state index contributed by atoms with van der Waals surface area (Å²) in [6.45, 7) is 12.3. The number of aryl methyl sites for hydroxylation is 1. The number of carbonyl (C=O) groups excluding carboxylic acids is 1. The molecule has 2 aliphatic rings. The maximum atomic E-state index is 11.6. The van der Waals surface area contributed by atoms with Gasteiger partial charge in [-0.1, -0.05) is 32.4 Å². The number of fused-ring (bicyclic) bond motifs is 1. The third kappa shape index (κ3) is 4.00. The molecule has 3 rings (SSSR count). The Labute approximate surface area is 161 Å². The number of nitrogens with zero attached hydrogens (tertiary/aromatic N) is 1. The summed E-state index contributed by atoms with van der Waals surface area (Å²) in [4.78, 5) is 13.5.